The van der Waals surface area contributed by atoms with Crippen molar-refractivity contribution in [2.45, 2.75) is 264 Å². The zero-order valence-electron chi connectivity index (χ0n) is 39.7. The Bertz CT molecular complexity index is 1060. The lowest BCUT2D eigenvalue weighted by Gasteiger charge is -2.18. The first-order valence-corrected chi connectivity index (χ1v) is 25.6. The average molecular weight is 841 g/mol. The third-order valence-corrected chi connectivity index (χ3v) is 11.1. The Kier molecular flexibility index (Phi) is 46.9. The Morgan fingerprint density at radius 3 is 0.967 bits per heavy atom. The van der Waals surface area contributed by atoms with E-state index in [0.717, 1.165) is 96.3 Å². The predicted octanol–water partition coefficient (Wildman–Crippen LogP) is 16.7. The van der Waals surface area contributed by atoms with Gasteiger partial charge in [-0.1, -0.05) is 204 Å². The molecule has 0 aromatic carbocycles. The number of carbonyl (C=O) groups excluding carboxylic acids is 3. The zero-order chi connectivity index (χ0) is 43.7. The van der Waals surface area contributed by atoms with Gasteiger partial charge in [0, 0.05) is 19.3 Å². The molecule has 0 rings (SSSR count). The largest absolute Gasteiger partial charge is 0.462 e. The molecule has 0 fully saturated rings. The lowest BCUT2D eigenvalue weighted by molar-refractivity contribution is -0.167. The van der Waals surface area contributed by atoms with Gasteiger partial charge in [-0.3, -0.25) is 14.4 Å². The van der Waals surface area contributed by atoms with Gasteiger partial charge in [0.15, 0.2) is 6.10 Å². The summed E-state index contributed by atoms with van der Waals surface area (Å²) >= 11 is 0. The number of hydrogen-bond donors (Lipinski definition) is 0. The minimum Gasteiger partial charge on any atom is -0.462 e. The van der Waals surface area contributed by atoms with Crippen LogP contribution in [-0.4, -0.2) is 37.2 Å². The first-order valence-electron chi connectivity index (χ1n) is 25.6. The molecule has 60 heavy (non-hydrogen) atoms. The van der Waals surface area contributed by atoms with Crippen molar-refractivity contribution in [3.8, 4) is 0 Å². The van der Waals surface area contributed by atoms with E-state index in [9.17, 15) is 14.4 Å². The highest BCUT2D eigenvalue weighted by Gasteiger charge is 2.19. The van der Waals surface area contributed by atoms with Crippen molar-refractivity contribution in [3.63, 3.8) is 0 Å². The average Bonchev–Trinajstić information content (AvgIpc) is 3.24. The van der Waals surface area contributed by atoms with Gasteiger partial charge in [-0.05, 0) is 83.5 Å². The van der Waals surface area contributed by atoms with Gasteiger partial charge in [-0.25, -0.2) is 0 Å². The monoisotopic (exact) mass is 841 g/mol. The van der Waals surface area contributed by atoms with Gasteiger partial charge in [-0.2, -0.15) is 0 Å². The Morgan fingerprint density at radius 1 is 0.333 bits per heavy atom. The summed E-state index contributed by atoms with van der Waals surface area (Å²) in [7, 11) is 0. The first kappa shape index (κ1) is 57.4. The molecule has 0 aliphatic carbocycles. The molecule has 1 atom stereocenters. The summed E-state index contributed by atoms with van der Waals surface area (Å²) in [6.45, 7) is 6.57. The lowest BCUT2D eigenvalue weighted by atomic mass is 10.1. The Balaban J connectivity index is 4.35. The van der Waals surface area contributed by atoms with E-state index in [2.05, 4.69) is 69.4 Å². The van der Waals surface area contributed by atoms with E-state index in [4.69, 9.17) is 14.2 Å². The van der Waals surface area contributed by atoms with Crippen LogP contribution in [0.25, 0.3) is 0 Å². The molecule has 0 saturated heterocycles. The fourth-order valence-corrected chi connectivity index (χ4v) is 7.15. The minimum absolute atomic E-state index is 0.0798. The lowest BCUT2D eigenvalue weighted by Crippen LogP contribution is -2.30. The topological polar surface area (TPSA) is 78.9 Å². The summed E-state index contributed by atoms with van der Waals surface area (Å²) < 4.78 is 16.7. The van der Waals surface area contributed by atoms with Gasteiger partial charge in [0.25, 0.3) is 0 Å². The molecular formula is C54H96O6. The predicted molar refractivity (Wildman–Crippen MR) is 256 cm³/mol. The van der Waals surface area contributed by atoms with Crippen LogP contribution in [0, 0.1) is 0 Å². The minimum atomic E-state index is -0.780. The summed E-state index contributed by atoms with van der Waals surface area (Å²) in [5.41, 5.74) is 0. The highest BCUT2D eigenvalue weighted by atomic mass is 16.6. The second-order valence-electron chi connectivity index (χ2n) is 17.1. The van der Waals surface area contributed by atoms with Crippen molar-refractivity contribution in [3.05, 3.63) is 48.6 Å². The molecule has 0 spiro atoms. The van der Waals surface area contributed by atoms with E-state index in [1.54, 1.807) is 0 Å². The molecule has 0 aliphatic heterocycles. The molecule has 6 nitrogen and oxygen atoms in total. The summed E-state index contributed by atoms with van der Waals surface area (Å²) in [4.78, 5) is 37.9. The fraction of sp³-hybridized carbons (Fsp3) is 0.796. The number of allylic oxidation sites excluding steroid dienone is 8. The van der Waals surface area contributed by atoms with Crippen LogP contribution in [0.4, 0.5) is 0 Å². The number of ether oxygens (including phenoxy) is 3. The summed E-state index contributed by atoms with van der Waals surface area (Å²) in [6.07, 6.45) is 58.0. The molecule has 0 heterocycles. The molecule has 0 aromatic rings. The van der Waals surface area contributed by atoms with Crippen LogP contribution in [0.5, 0.6) is 0 Å². The van der Waals surface area contributed by atoms with Crippen molar-refractivity contribution >= 4 is 17.9 Å². The number of carbonyl (C=O) groups is 3. The summed E-state index contributed by atoms with van der Waals surface area (Å²) in [6, 6.07) is 0. The molecule has 0 aromatic heterocycles. The molecule has 0 radical (unpaired) electrons. The van der Waals surface area contributed by atoms with E-state index in [-0.39, 0.29) is 31.1 Å². The van der Waals surface area contributed by atoms with Crippen LogP contribution < -0.4 is 0 Å². The zero-order valence-corrected chi connectivity index (χ0v) is 39.7. The van der Waals surface area contributed by atoms with E-state index < -0.39 is 6.10 Å². The van der Waals surface area contributed by atoms with Crippen molar-refractivity contribution in [1.82, 2.24) is 0 Å². The molecule has 6 heteroatoms. The second kappa shape index (κ2) is 49.0. The maximum Gasteiger partial charge on any atom is 0.306 e. The van der Waals surface area contributed by atoms with Crippen LogP contribution in [0.15, 0.2) is 48.6 Å². The number of hydrogen-bond acceptors (Lipinski definition) is 6. The number of unbranched alkanes of at least 4 members (excludes halogenated alkanes) is 27. The van der Waals surface area contributed by atoms with Crippen LogP contribution in [0.2, 0.25) is 0 Å². The molecule has 0 bridgehead atoms. The molecule has 0 saturated carbocycles. The second-order valence-corrected chi connectivity index (χ2v) is 17.1. The quantitative estimate of drug-likeness (QED) is 0.0263. The van der Waals surface area contributed by atoms with Gasteiger partial charge in [-0.15, -0.1) is 0 Å². The van der Waals surface area contributed by atoms with Crippen molar-refractivity contribution in [1.29, 1.82) is 0 Å². The van der Waals surface area contributed by atoms with E-state index in [1.807, 2.05) is 0 Å². The Hall–Kier alpha value is -2.63. The number of esters is 3. The van der Waals surface area contributed by atoms with Gasteiger partial charge in [0.2, 0.25) is 0 Å². The summed E-state index contributed by atoms with van der Waals surface area (Å²) in [5, 5.41) is 0. The first-order chi connectivity index (χ1) is 29.5. The fourth-order valence-electron chi connectivity index (χ4n) is 7.15. The van der Waals surface area contributed by atoms with Gasteiger partial charge in [0.1, 0.15) is 13.2 Å². The van der Waals surface area contributed by atoms with Crippen molar-refractivity contribution < 1.29 is 28.6 Å². The van der Waals surface area contributed by atoms with E-state index in [1.165, 1.54) is 122 Å². The van der Waals surface area contributed by atoms with Gasteiger partial charge >= 0.3 is 17.9 Å². The maximum absolute atomic E-state index is 12.8. The van der Waals surface area contributed by atoms with E-state index >= 15 is 0 Å². The standard InChI is InChI=1S/C54H96O6/c1-4-7-10-13-16-19-21-23-25-27-29-30-32-35-38-41-44-47-53(56)59-50-51(49-58-52(55)46-43-40-37-34-18-15-12-9-6-3)60-54(57)48-45-42-39-36-33-31-28-26-24-22-20-17-14-11-8-5-2/h16,19-20,22-23,25-26,28,51H,4-15,17-18,21,24,27,29-50H2,1-3H3/b19-16-,22-20-,25-23-,28-26-. The maximum atomic E-state index is 12.8. The highest BCUT2D eigenvalue weighted by molar-refractivity contribution is 5.71. The van der Waals surface area contributed by atoms with Gasteiger partial charge in [0.05, 0.1) is 0 Å². The van der Waals surface area contributed by atoms with Crippen LogP contribution in [0.3, 0.4) is 0 Å². The van der Waals surface area contributed by atoms with E-state index in [0.29, 0.717) is 19.3 Å². The summed E-state index contributed by atoms with van der Waals surface area (Å²) in [5.74, 6) is -0.899. The Morgan fingerprint density at radius 2 is 0.600 bits per heavy atom. The number of rotatable bonds is 46. The Labute approximate surface area is 371 Å². The third kappa shape index (κ3) is 46.4. The molecule has 1 unspecified atom stereocenters. The molecule has 348 valence electrons. The molecule has 0 N–H and O–H groups in total. The molecule has 0 amide bonds. The smallest absolute Gasteiger partial charge is 0.306 e. The normalized spacial score (nSPS) is 12.4. The SMILES string of the molecule is CCCCC/C=C\C/C=C\CCCCCCCCCC(=O)OCC(COC(=O)CCCCCCCCCCC)OC(=O)CCCCCCC/C=C\C/C=C\CCCCCC. The molecular weight excluding hydrogens is 745 g/mol. The van der Waals surface area contributed by atoms with Crippen LogP contribution in [0.1, 0.15) is 258 Å². The van der Waals surface area contributed by atoms with Crippen molar-refractivity contribution in [2.75, 3.05) is 13.2 Å². The highest BCUT2D eigenvalue weighted by Crippen LogP contribution is 2.14. The molecule has 0 aliphatic rings. The van der Waals surface area contributed by atoms with Crippen LogP contribution in [-0.2, 0) is 28.6 Å². The van der Waals surface area contributed by atoms with Crippen molar-refractivity contribution in [2.24, 2.45) is 0 Å². The van der Waals surface area contributed by atoms with Gasteiger partial charge < -0.3 is 14.2 Å². The third-order valence-electron chi connectivity index (χ3n) is 11.1. The van der Waals surface area contributed by atoms with Crippen LogP contribution >= 0.6 is 0 Å².